The molecule has 0 radical (unpaired) electrons. The van der Waals surface area contributed by atoms with Gasteiger partial charge in [0, 0.05) is 6.61 Å². The highest BCUT2D eigenvalue weighted by atomic mass is 16.3. The molecule has 4 saturated carbocycles. The molecule has 0 amide bonds. The van der Waals surface area contributed by atoms with Crippen LogP contribution in [0.15, 0.2) is 0 Å². The molecule has 4 rings (SSSR count). The zero-order valence-corrected chi connectivity index (χ0v) is 20.7. The molecule has 0 spiro atoms. The Hall–Kier alpha value is -0.200. The molecular weight excluding hydrogens is 404 g/mol. The summed E-state index contributed by atoms with van der Waals surface area (Å²) in [6.45, 7) is 9.22. The van der Waals surface area contributed by atoms with E-state index in [-0.39, 0.29) is 47.1 Å². The standard InChI is InChI=1S/C27H48O5/c1-16(5-6-17(29)10-12-28)19-7-8-20-24-21(13-23(32)27(19,20)4)26(3)11-9-18(30)14-25(26,2)15-22(24)31/h16-24,28-32H,5-15H2,1-4H3. The number of aliphatic hydroxyl groups is 5. The Morgan fingerprint density at radius 1 is 0.906 bits per heavy atom. The lowest BCUT2D eigenvalue weighted by atomic mass is 9.39. The Kier molecular flexibility index (Phi) is 6.84. The van der Waals surface area contributed by atoms with Crippen LogP contribution >= 0.6 is 0 Å². The number of hydrogen-bond donors (Lipinski definition) is 5. The van der Waals surface area contributed by atoms with Crippen molar-refractivity contribution in [2.45, 2.75) is 116 Å². The largest absolute Gasteiger partial charge is 0.396 e. The molecule has 5 nitrogen and oxygen atoms in total. The smallest absolute Gasteiger partial charge is 0.0602 e. The summed E-state index contributed by atoms with van der Waals surface area (Å²) >= 11 is 0. The SMILES string of the molecule is CC(CCC(O)CCO)C1CCC2C3C(O)CC4(C)CC(O)CCC4(C)C3CC(O)C12C. The van der Waals surface area contributed by atoms with E-state index in [4.69, 9.17) is 5.11 Å². The maximum absolute atomic E-state index is 11.7. The van der Waals surface area contributed by atoms with Crippen LogP contribution in [0.3, 0.4) is 0 Å². The molecule has 4 aliphatic carbocycles. The molecule has 12 atom stereocenters. The minimum Gasteiger partial charge on any atom is -0.396 e. The van der Waals surface area contributed by atoms with E-state index in [1.807, 2.05) is 0 Å². The van der Waals surface area contributed by atoms with E-state index in [0.717, 1.165) is 51.4 Å². The molecule has 4 fully saturated rings. The van der Waals surface area contributed by atoms with E-state index in [1.54, 1.807) is 0 Å². The number of rotatable bonds is 6. The van der Waals surface area contributed by atoms with Gasteiger partial charge in [-0.2, -0.15) is 0 Å². The van der Waals surface area contributed by atoms with E-state index in [0.29, 0.717) is 36.5 Å². The van der Waals surface area contributed by atoms with Crippen LogP contribution < -0.4 is 0 Å². The molecule has 0 bridgehead atoms. The highest BCUT2D eigenvalue weighted by Crippen LogP contribution is 2.71. The van der Waals surface area contributed by atoms with Crippen molar-refractivity contribution in [3.8, 4) is 0 Å². The van der Waals surface area contributed by atoms with Crippen molar-refractivity contribution in [3.05, 3.63) is 0 Å². The van der Waals surface area contributed by atoms with Crippen LogP contribution in [0.25, 0.3) is 0 Å². The first-order valence-electron chi connectivity index (χ1n) is 13.3. The highest BCUT2D eigenvalue weighted by molar-refractivity contribution is 5.16. The molecule has 12 unspecified atom stereocenters. The molecule has 32 heavy (non-hydrogen) atoms. The molecule has 4 aliphatic rings. The molecule has 0 saturated heterocycles. The van der Waals surface area contributed by atoms with Gasteiger partial charge in [-0.15, -0.1) is 0 Å². The molecule has 0 heterocycles. The quantitative estimate of drug-likeness (QED) is 0.425. The fourth-order valence-electron chi connectivity index (χ4n) is 9.53. The van der Waals surface area contributed by atoms with Crippen LogP contribution in [0.2, 0.25) is 0 Å². The topological polar surface area (TPSA) is 101 Å². The monoisotopic (exact) mass is 452 g/mol. The van der Waals surface area contributed by atoms with Crippen molar-refractivity contribution in [2.75, 3.05) is 6.61 Å². The second-order valence-corrected chi connectivity index (χ2v) is 13.0. The summed E-state index contributed by atoms with van der Waals surface area (Å²) < 4.78 is 0. The number of aliphatic hydroxyl groups excluding tert-OH is 5. The Morgan fingerprint density at radius 2 is 1.62 bits per heavy atom. The minimum absolute atomic E-state index is 0.0210. The average molecular weight is 453 g/mol. The lowest BCUT2D eigenvalue weighted by Gasteiger charge is -2.67. The van der Waals surface area contributed by atoms with Crippen molar-refractivity contribution in [3.63, 3.8) is 0 Å². The third-order valence-corrected chi connectivity index (χ3v) is 11.6. The van der Waals surface area contributed by atoms with Gasteiger partial charge in [0.05, 0.1) is 24.4 Å². The fraction of sp³-hybridized carbons (Fsp3) is 1.00. The van der Waals surface area contributed by atoms with Crippen LogP contribution in [-0.4, -0.2) is 56.6 Å². The molecule has 0 aromatic carbocycles. The second-order valence-electron chi connectivity index (χ2n) is 13.0. The number of hydrogen-bond acceptors (Lipinski definition) is 5. The molecule has 5 N–H and O–H groups in total. The van der Waals surface area contributed by atoms with E-state index in [9.17, 15) is 20.4 Å². The summed E-state index contributed by atoms with van der Waals surface area (Å²) in [5.41, 5.74) is -0.217. The summed E-state index contributed by atoms with van der Waals surface area (Å²) in [4.78, 5) is 0. The summed E-state index contributed by atoms with van der Waals surface area (Å²) in [6, 6.07) is 0. The Morgan fingerprint density at radius 3 is 2.31 bits per heavy atom. The third kappa shape index (κ3) is 3.69. The van der Waals surface area contributed by atoms with E-state index in [1.165, 1.54) is 0 Å². The van der Waals surface area contributed by atoms with Crippen molar-refractivity contribution in [1.82, 2.24) is 0 Å². The molecule has 0 aliphatic heterocycles. The van der Waals surface area contributed by atoms with Gasteiger partial charge >= 0.3 is 0 Å². The van der Waals surface area contributed by atoms with Crippen molar-refractivity contribution in [1.29, 1.82) is 0 Å². The first-order chi connectivity index (χ1) is 15.0. The summed E-state index contributed by atoms with van der Waals surface area (Å²) in [7, 11) is 0. The maximum Gasteiger partial charge on any atom is 0.0602 e. The predicted molar refractivity (Wildman–Crippen MR) is 125 cm³/mol. The lowest BCUT2D eigenvalue weighted by molar-refractivity contribution is -0.233. The van der Waals surface area contributed by atoms with Gasteiger partial charge in [-0.05, 0) is 110 Å². The van der Waals surface area contributed by atoms with E-state index in [2.05, 4.69) is 27.7 Å². The molecule has 0 aromatic heterocycles. The Labute approximate surface area is 194 Å². The first kappa shape index (κ1) is 24.9. The first-order valence-corrected chi connectivity index (χ1v) is 13.3. The fourth-order valence-corrected chi connectivity index (χ4v) is 9.53. The molecular formula is C27H48O5. The van der Waals surface area contributed by atoms with Gasteiger partial charge in [-0.25, -0.2) is 0 Å². The molecule has 186 valence electrons. The Balaban J connectivity index is 1.57. The zero-order chi connectivity index (χ0) is 23.5. The third-order valence-electron chi connectivity index (χ3n) is 11.6. The van der Waals surface area contributed by atoms with Crippen molar-refractivity contribution in [2.24, 2.45) is 45.8 Å². The van der Waals surface area contributed by atoms with Gasteiger partial charge < -0.3 is 25.5 Å². The average Bonchev–Trinajstić information content (AvgIpc) is 3.07. The summed E-state index contributed by atoms with van der Waals surface area (Å²) in [5, 5.41) is 52.8. The van der Waals surface area contributed by atoms with Gasteiger partial charge in [0.1, 0.15) is 0 Å². The van der Waals surface area contributed by atoms with E-state index < -0.39 is 6.10 Å². The van der Waals surface area contributed by atoms with Crippen molar-refractivity contribution >= 4 is 0 Å². The van der Waals surface area contributed by atoms with Gasteiger partial charge in [0.15, 0.2) is 0 Å². The second kappa shape index (κ2) is 8.78. The summed E-state index contributed by atoms with van der Waals surface area (Å²) in [6.07, 6.45) is 6.83. The minimum atomic E-state index is -0.451. The van der Waals surface area contributed by atoms with Gasteiger partial charge in [-0.3, -0.25) is 0 Å². The Bertz CT molecular complexity index is 670. The van der Waals surface area contributed by atoms with Crippen LogP contribution in [0.4, 0.5) is 0 Å². The summed E-state index contributed by atoms with van der Waals surface area (Å²) in [5.74, 6) is 1.66. The predicted octanol–water partition coefficient (Wildman–Crippen LogP) is 3.50. The van der Waals surface area contributed by atoms with Gasteiger partial charge in [0.2, 0.25) is 0 Å². The lowest BCUT2D eigenvalue weighted by Crippen LogP contribution is -2.65. The number of fused-ring (bicyclic) bond motifs is 5. The van der Waals surface area contributed by atoms with Gasteiger partial charge in [-0.1, -0.05) is 27.7 Å². The highest BCUT2D eigenvalue weighted by Gasteiger charge is 2.68. The van der Waals surface area contributed by atoms with Crippen LogP contribution in [0.5, 0.6) is 0 Å². The van der Waals surface area contributed by atoms with Crippen LogP contribution in [-0.2, 0) is 0 Å². The van der Waals surface area contributed by atoms with Crippen LogP contribution in [0, 0.1) is 45.8 Å². The normalized spacial score (nSPS) is 52.6. The molecule has 0 aromatic rings. The zero-order valence-electron chi connectivity index (χ0n) is 20.7. The maximum atomic E-state index is 11.7. The van der Waals surface area contributed by atoms with Crippen molar-refractivity contribution < 1.29 is 25.5 Å². The van der Waals surface area contributed by atoms with Gasteiger partial charge in [0.25, 0.3) is 0 Å². The van der Waals surface area contributed by atoms with E-state index >= 15 is 0 Å². The molecule has 5 heteroatoms. The van der Waals surface area contributed by atoms with Crippen LogP contribution in [0.1, 0.15) is 91.9 Å².